The van der Waals surface area contributed by atoms with Gasteiger partial charge < -0.3 is 26.0 Å². The van der Waals surface area contributed by atoms with Crippen molar-refractivity contribution in [1.82, 2.24) is 4.98 Å². The Balaban J connectivity index is 1.46. The lowest BCUT2D eigenvalue weighted by Crippen LogP contribution is -2.40. The number of nitrogens with zero attached hydrogens (tertiary/aromatic N) is 2. The van der Waals surface area contributed by atoms with E-state index in [0.717, 1.165) is 37.3 Å². The molecule has 4 rings (SSSR count). The summed E-state index contributed by atoms with van der Waals surface area (Å²) in [6.45, 7) is 1.73. The van der Waals surface area contributed by atoms with E-state index in [-0.39, 0.29) is 11.9 Å². The highest BCUT2D eigenvalue weighted by molar-refractivity contribution is 7.14. The Bertz CT molecular complexity index is 1070. The molecule has 1 aromatic carbocycles. The molecule has 31 heavy (non-hydrogen) atoms. The number of hydrogen-bond donors (Lipinski definition) is 3. The molecule has 1 saturated heterocycles. The summed E-state index contributed by atoms with van der Waals surface area (Å²) in [5.74, 6) is -0.703. The molecule has 1 aliphatic rings. The van der Waals surface area contributed by atoms with Crippen LogP contribution in [0, 0.1) is 0 Å². The lowest BCUT2D eigenvalue weighted by molar-refractivity contribution is 0.0607. The largest absolute Gasteiger partial charge is 0.465 e. The zero-order chi connectivity index (χ0) is 21.8. The predicted molar refractivity (Wildman–Crippen MR) is 125 cm³/mol. The molecule has 0 saturated carbocycles. The van der Waals surface area contributed by atoms with Gasteiger partial charge in [-0.15, -0.1) is 22.7 Å². The Morgan fingerprint density at radius 1 is 1.16 bits per heavy atom. The van der Waals surface area contributed by atoms with Crippen molar-refractivity contribution in [3.05, 3.63) is 51.7 Å². The Morgan fingerprint density at radius 3 is 2.71 bits per heavy atom. The van der Waals surface area contributed by atoms with Gasteiger partial charge in [-0.05, 0) is 36.4 Å². The van der Waals surface area contributed by atoms with Gasteiger partial charge >= 0.3 is 5.97 Å². The van der Waals surface area contributed by atoms with Crippen molar-refractivity contribution in [2.75, 3.05) is 35.7 Å². The number of carbonyl (C=O) groups is 2. The van der Waals surface area contributed by atoms with Crippen LogP contribution in [0.2, 0.25) is 0 Å². The molecule has 0 spiro atoms. The summed E-state index contributed by atoms with van der Waals surface area (Å²) in [7, 11) is 1.34. The van der Waals surface area contributed by atoms with Crippen LogP contribution in [0.1, 0.15) is 33.0 Å². The van der Waals surface area contributed by atoms with Crippen LogP contribution in [-0.2, 0) is 4.74 Å². The maximum Gasteiger partial charge on any atom is 0.350 e. The smallest absolute Gasteiger partial charge is 0.350 e. The number of rotatable bonds is 6. The number of nitrogens with two attached hydrogens (primary N) is 1. The molecule has 0 atom stereocenters. The third-order valence-electron chi connectivity index (χ3n) is 5.05. The number of thiophene rings is 1. The number of ether oxygens (including phenoxy) is 1. The standard InChI is InChI=1S/C21H23N5O3S2/c1-29-20(28)18-15(8-11-30-18)24-21-25-16(12-31-21)19(27)23-14-4-2-3-5-17(14)26-9-6-13(22)7-10-26/h2-5,8,11-13H,6-7,9-10,22H2,1H3,(H,23,27)(H,24,25). The van der Waals surface area contributed by atoms with Crippen LogP contribution in [0.4, 0.5) is 22.2 Å². The van der Waals surface area contributed by atoms with Gasteiger partial charge in [0, 0.05) is 24.5 Å². The number of nitrogens with one attached hydrogen (secondary N) is 2. The number of amides is 1. The number of para-hydroxylation sites is 2. The molecule has 162 valence electrons. The lowest BCUT2D eigenvalue weighted by atomic mass is 10.0. The van der Waals surface area contributed by atoms with Crippen LogP contribution in [0.15, 0.2) is 41.1 Å². The highest BCUT2D eigenvalue weighted by Gasteiger charge is 2.20. The fraction of sp³-hybridized carbons (Fsp3) is 0.286. The van der Waals surface area contributed by atoms with Gasteiger partial charge in [-0.25, -0.2) is 9.78 Å². The first-order valence-electron chi connectivity index (χ1n) is 9.84. The molecule has 8 nitrogen and oxygen atoms in total. The molecule has 1 fully saturated rings. The monoisotopic (exact) mass is 457 g/mol. The fourth-order valence-electron chi connectivity index (χ4n) is 3.39. The van der Waals surface area contributed by atoms with Crippen molar-refractivity contribution in [2.24, 2.45) is 5.73 Å². The summed E-state index contributed by atoms with van der Waals surface area (Å²) in [5.41, 5.74) is 8.66. The van der Waals surface area contributed by atoms with E-state index >= 15 is 0 Å². The minimum atomic E-state index is -0.415. The molecule has 0 aliphatic carbocycles. The quantitative estimate of drug-likeness (QED) is 0.481. The summed E-state index contributed by atoms with van der Waals surface area (Å²) in [6, 6.07) is 9.77. The number of hydrogen-bond acceptors (Lipinski definition) is 9. The predicted octanol–water partition coefficient (Wildman–Crippen LogP) is 3.91. The molecule has 3 aromatic rings. The molecule has 0 radical (unpaired) electrons. The Labute approximate surface area is 188 Å². The van der Waals surface area contributed by atoms with E-state index in [1.807, 2.05) is 24.3 Å². The second-order valence-electron chi connectivity index (χ2n) is 7.11. The number of thiazole rings is 1. The van der Waals surface area contributed by atoms with Crippen molar-refractivity contribution in [2.45, 2.75) is 18.9 Å². The summed E-state index contributed by atoms with van der Waals surface area (Å²) in [5, 5.41) is 10.1. The molecule has 1 amide bonds. The maximum atomic E-state index is 12.8. The molecule has 0 unspecified atom stereocenters. The van der Waals surface area contributed by atoms with Gasteiger partial charge in [0.15, 0.2) is 5.13 Å². The van der Waals surface area contributed by atoms with E-state index in [4.69, 9.17) is 10.5 Å². The third kappa shape index (κ3) is 4.87. The van der Waals surface area contributed by atoms with Gasteiger partial charge in [0.1, 0.15) is 10.6 Å². The molecule has 1 aliphatic heterocycles. The van der Waals surface area contributed by atoms with Crippen molar-refractivity contribution >= 4 is 56.7 Å². The normalized spacial score (nSPS) is 14.3. The van der Waals surface area contributed by atoms with E-state index < -0.39 is 5.97 Å². The van der Waals surface area contributed by atoms with Crippen molar-refractivity contribution in [1.29, 1.82) is 0 Å². The Morgan fingerprint density at radius 2 is 1.94 bits per heavy atom. The summed E-state index contributed by atoms with van der Waals surface area (Å²) in [4.78, 5) is 31.8. The number of anilines is 4. The zero-order valence-electron chi connectivity index (χ0n) is 17.0. The molecule has 2 aromatic heterocycles. The minimum Gasteiger partial charge on any atom is -0.465 e. The highest BCUT2D eigenvalue weighted by atomic mass is 32.1. The number of carbonyl (C=O) groups excluding carboxylic acids is 2. The fourth-order valence-corrected chi connectivity index (χ4v) is 4.86. The SMILES string of the molecule is COC(=O)c1sccc1Nc1nc(C(=O)Nc2ccccc2N2CCC(N)CC2)cs1. The van der Waals surface area contributed by atoms with Crippen LogP contribution in [0.3, 0.4) is 0 Å². The summed E-state index contributed by atoms with van der Waals surface area (Å²) in [6.07, 6.45) is 1.86. The van der Waals surface area contributed by atoms with Crippen LogP contribution in [-0.4, -0.2) is 43.1 Å². The van der Waals surface area contributed by atoms with Gasteiger partial charge in [0.05, 0.1) is 24.2 Å². The molecule has 0 bridgehead atoms. The van der Waals surface area contributed by atoms with Crippen molar-refractivity contribution < 1.29 is 14.3 Å². The van der Waals surface area contributed by atoms with E-state index in [1.165, 1.54) is 29.8 Å². The van der Waals surface area contributed by atoms with Crippen LogP contribution in [0.5, 0.6) is 0 Å². The second kappa shape index (κ2) is 9.46. The van der Waals surface area contributed by atoms with E-state index in [0.29, 0.717) is 21.4 Å². The van der Waals surface area contributed by atoms with Crippen LogP contribution >= 0.6 is 22.7 Å². The van der Waals surface area contributed by atoms with E-state index in [2.05, 4.69) is 20.5 Å². The maximum absolute atomic E-state index is 12.8. The van der Waals surface area contributed by atoms with E-state index in [1.54, 1.807) is 16.8 Å². The van der Waals surface area contributed by atoms with Gasteiger partial charge in [-0.3, -0.25) is 4.79 Å². The lowest BCUT2D eigenvalue weighted by Gasteiger charge is -2.33. The average Bonchev–Trinajstić information content (AvgIpc) is 3.44. The first-order valence-corrected chi connectivity index (χ1v) is 11.6. The topological polar surface area (TPSA) is 110 Å². The number of benzene rings is 1. The number of esters is 1. The van der Waals surface area contributed by atoms with Gasteiger partial charge in [0.25, 0.3) is 5.91 Å². The first-order chi connectivity index (χ1) is 15.0. The number of methoxy groups -OCH3 is 1. The second-order valence-corrected chi connectivity index (χ2v) is 8.89. The summed E-state index contributed by atoms with van der Waals surface area (Å²) < 4.78 is 4.79. The number of piperidine rings is 1. The molecular weight excluding hydrogens is 434 g/mol. The Hall–Kier alpha value is -2.95. The van der Waals surface area contributed by atoms with Crippen molar-refractivity contribution in [3.63, 3.8) is 0 Å². The Kier molecular flexibility index (Phi) is 6.50. The van der Waals surface area contributed by atoms with Gasteiger partial charge in [-0.2, -0.15) is 0 Å². The molecular formula is C21H23N5O3S2. The number of aromatic nitrogens is 1. The molecule has 3 heterocycles. The highest BCUT2D eigenvalue weighted by Crippen LogP contribution is 2.30. The first kappa shape index (κ1) is 21.3. The minimum absolute atomic E-state index is 0.238. The van der Waals surface area contributed by atoms with Crippen LogP contribution in [0.25, 0.3) is 0 Å². The van der Waals surface area contributed by atoms with E-state index in [9.17, 15) is 9.59 Å². The molecule has 4 N–H and O–H groups in total. The zero-order valence-corrected chi connectivity index (χ0v) is 18.6. The van der Waals surface area contributed by atoms with Gasteiger partial charge in [0.2, 0.25) is 0 Å². The van der Waals surface area contributed by atoms with Gasteiger partial charge in [-0.1, -0.05) is 12.1 Å². The molecule has 10 heteroatoms. The average molecular weight is 458 g/mol. The third-order valence-corrected chi connectivity index (χ3v) is 6.70. The van der Waals surface area contributed by atoms with Crippen LogP contribution < -0.4 is 21.3 Å². The summed E-state index contributed by atoms with van der Waals surface area (Å²) >= 11 is 2.57. The van der Waals surface area contributed by atoms with Crippen molar-refractivity contribution in [3.8, 4) is 0 Å².